The highest BCUT2D eigenvalue weighted by Crippen LogP contribution is 2.33. The van der Waals surface area contributed by atoms with E-state index in [1.54, 1.807) is 36.6 Å². The fraction of sp³-hybridized carbons (Fsp3) is 0.214. The maximum atomic E-state index is 11.9. The number of para-hydroxylation sites is 1. The van der Waals surface area contributed by atoms with Crippen molar-refractivity contribution < 1.29 is 18.7 Å². The molecule has 1 aromatic carbocycles. The third-order valence-electron chi connectivity index (χ3n) is 2.67. The van der Waals surface area contributed by atoms with Gasteiger partial charge in [0.25, 0.3) is 0 Å². The number of furan rings is 1. The number of methoxy groups -OCH3 is 2. The molecule has 0 saturated heterocycles. The van der Waals surface area contributed by atoms with Crippen molar-refractivity contribution in [1.82, 2.24) is 5.32 Å². The zero-order valence-corrected chi connectivity index (χ0v) is 11.3. The number of carbonyl (C=O) groups is 1. The third kappa shape index (κ3) is 3.23. The number of hydrogen-bond acceptors (Lipinski definition) is 4. The standard InChI is InChI=1S/C14H16N2O4/c1-18-11-6-3-7-12(19-2)13(11)16-14(17)15-9-10-5-4-8-20-10/h3-8H,9H2,1-2H3,(H2,15,16,17). The van der Waals surface area contributed by atoms with E-state index in [0.29, 0.717) is 29.5 Å². The van der Waals surface area contributed by atoms with Gasteiger partial charge in [-0.05, 0) is 24.3 Å². The van der Waals surface area contributed by atoms with Crippen LogP contribution in [0.15, 0.2) is 41.0 Å². The molecular formula is C14H16N2O4. The van der Waals surface area contributed by atoms with Crippen molar-refractivity contribution in [2.24, 2.45) is 0 Å². The summed E-state index contributed by atoms with van der Waals surface area (Å²) in [6.07, 6.45) is 1.55. The van der Waals surface area contributed by atoms with Gasteiger partial charge >= 0.3 is 6.03 Å². The minimum atomic E-state index is -0.371. The maximum Gasteiger partial charge on any atom is 0.319 e. The Morgan fingerprint density at radius 2 is 1.85 bits per heavy atom. The maximum absolute atomic E-state index is 11.9. The van der Waals surface area contributed by atoms with Gasteiger partial charge in [-0.2, -0.15) is 0 Å². The summed E-state index contributed by atoms with van der Waals surface area (Å²) in [5.41, 5.74) is 0.481. The molecule has 0 unspecified atom stereocenters. The van der Waals surface area contributed by atoms with Gasteiger partial charge in [-0.1, -0.05) is 6.07 Å². The SMILES string of the molecule is COc1cccc(OC)c1NC(=O)NCc1ccco1. The molecular weight excluding hydrogens is 260 g/mol. The summed E-state index contributed by atoms with van der Waals surface area (Å²) < 4.78 is 15.5. The van der Waals surface area contributed by atoms with Crippen LogP contribution in [0.1, 0.15) is 5.76 Å². The number of rotatable bonds is 5. The molecule has 106 valence electrons. The first-order valence-electron chi connectivity index (χ1n) is 6.03. The number of nitrogens with one attached hydrogen (secondary N) is 2. The zero-order chi connectivity index (χ0) is 14.4. The van der Waals surface area contributed by atoms with Crippen LogP contribution in [0.4, 0.5) is 10.5 Å². The minimum absolute atomic E-state index is 0.302. The Labute approximate surface area is 116 Å². The van der Waals surface area contributed by atoms with Gasteiger partial charge in [0.05, 0.1) is 27.0 Å². The third-order valence-corrected chi connectivity index (χ3v) is 2.67. The predicted molar refractivity (Wildman–Crippen MR) is 74.1 cm³/mol. The Bertz CT molecular complexity index is 544. The molecule has 2 aromatic rings. The van der Waals surface area contributed by atoms with Crippen molar-refractivity contribution in [2.75, 3.05) is 19.5 Å². The van der Waals surface area contributed by atoms with E-state index in [2.05, 4.69) is 10.6 Å². The van der Waals surface area contributed by atoms with Gasteiger partial charge in [-0.3, -0.25) is 0 Å². The van der Waals surface area contributed by atoms with E-state index < -0.39 is 0 Å². The zero-order valence-electron chi connectivity index (χ0n) is 11.3. The van der Waals surface area contributed by atoms with Crippen LogP contribution < -0.4 is 20.1 Å². The average Bonchev–Trinajstić information content (AvgIpc) is 2.98. The molecule has 0 spiro atoms. The van der Waals surface area contributed by atoms with Gasteiger partial charge in [0, 0.05) is 0 Å². The van der Waals surface area contributed by atoms with Crippen molar-refractivity contribution in [3.8, 4) is 11.5 Å². The van der Waals surface area contributed by atoms with Crippen LogP contribution >= 0.6 is 0 Å². The Kier molecular flexibility index (Phi) is 4.49. The molecule has 6 heteroatoms. The summed E-state index contributed by atoms with van der Waals surface area (Å²) in [5.74, 6) is 1.72. The Balaban J connectivity index is 2.03. The van der Waals surface area contributed by atoms with E-state index >= 15 is 0 Å². The molecule has 0 aliphatic carbocycles. The van der Waals surface area contributed by atoms with Crippen LogP contribution in [0.5, 0.6) is 11.5 Å². The van der Waals surface area contributed by atoms with Crippen LogP contribution in [0.2, 0.25) is 0 Å². The van der Waals surface area contributed by atoms with Gasteiger partial charge in [0.1, 0.15) is 22.9 Å². The van der Waals surface area contributed by atoms with E-state index in [-0.39, 0.29) is 6.03 Å². The average molecular weight is 276 g/mol. The minimum Gasteiger partial charge on any atom is -0.494 e. The second kappa shape index (κ2) is 6.51. The topological polar surface area (TPSA) is 72.7 Å². The van der Waals surface area contributed by atoms with E-state index in [0.717, 1.165) is 0 Å². The fourth-order valence-electron chi connectivity index (χ4n) is 1.71. The van der Waals surface area contributed by atoms with Gasteiger partial charge < -0.3 is 24.5 Å². The van der Waals surface area contributed by atoms with Crippen LogP contribution in [0, 0.1) is 0 Å². The lowest BCUT2D eigenvalue weighted by Gasteiger charge is -2.14. The van der Waals surface area contributed by atoms with Gasteiger partial charge in [0.15, 0.2) is 0 Å². The molecule has 2 N–H and O–H groups in total. The van der Waals surface area contributed by atoms with E-state index in [9.17, 15) is 4.79 Å². The second-order valence-corrected chi connectivity index (χ2v) is 3.92. The lowest BCUT2D eigenvalue weighted by atomic mass is 10.2. The normalized spacial score (nSPS) is 9.90. The molecule has 0 aliphatic rings. The summed E-state index contributed by atoms with van der Waals surface area (Å²) in [5, 5.41) is 5.38. The monoisotopic (exact) mass is 276 g/mol. The molecule has 0 bridgehead atoms. The van der Waals surface area contributed by atoms with E-state index in [1.807, 2.05) is 0 Å². The van der Waals surface area contributed by atoms with Crippen LogP contribution in [-0.2, 0) is 6.54 Å². The molecule has 0 fully saturated rings. The number of anilines is 1. The Morgan fingerprint density at radius 3 is 2.40 bits per heavy atom. The fourth-order valence-corrected chi connectivity index (χ4v) is 1.71. The smallest absolute Gasteiger partial charge is 0.319 e. The van der Waals surface area contributed by atoms with E-state index in [4.69, 9.17) is 13.9 Å². The first-order chi connectivity index (χ1) is 9.74. The number of urea groups is 1. The van der Waals surface area contributed by atoms with Gasteiger partial charge in [-0.25, -0.2) is 4.79 Å². The lowest BCUT2D eigenvalue weighted by molar-refractivity contribution is 0.250. The van der Waals surface area contributed by atoms with Gasteiger partial charge in [0.2, 0.25) is 0 Å². The van der Waals surface area contributed by atoms with Crippen molar-refractivity contribution >= 4 is 11.7 Å². The highest BCUT2D eigenvalue weighted by atomic mass is 16.5. The largest absolute Gasteiger partial charge is 0.494 e. The molecule has 2 rings (SSSR count). The molecule has 0 aliphatic heterocycles. The quantitative estimate of drug-likeness (QED) is 0.880. The molecule has 6 nitrogen and oxygen atoms in total. The van der Waals surface area contributed by atoms with Crippen molar-refractivity contribution in [3.05, 3.63) is 42.4 Å². The number of carbonyl (C=O) groups excluding carboxylic acids is 1. The van der Waals surface area contributed by atoms with E-state index in [1.165, 1.54) is 14.2 Å². The van der Waals surface area contributed by atoms with Crippen molar-refractivity contribution in [3.63, 3.8) is 0 Å². The Morgan fingerprint density at radius 1 is 1.15 bits per heavy atom. The molecule has 1 aromatic heterocycles. The molecule has 20 heavy (non-hydrogen) atoms. The van der Waals surface area contributed by atoms with Crippen LogP contribution in [-0.4, -0.2) is 20.3 Å². The molecule has 0 atom stereocenters. The highest BCUT2D eigenvalue weighted by molar-refractivity contribution is 5.92. The highest BCUT2D eigenvalue weighted by Gasteiger charge is 2.12. The Hall–Kier alpha value is -2.63. The van der Waals surface area contributed by atoms with Crippen LogP contribution in [0.25, 0.3) is 0 Å². The first-order valence-corrected chi connectivity index (χ1v) is 6.03. The number of hydrogen-bond donors (Lipinski definition) is 2. The van der Waals surface area contributed by atoms with Crippen LogP contribution in [0.3, 0.4) is 0 Å². The summed E-state index contributed by atoms with van der Waals surface area (Å²) >= 11 is 0. The molecule has 1 heterocycles. The van der Waals surface area contributed by atoms with Gasteiger partial charge in [-0.15, -0.1) is 0 Å². The second-order valence-electron chi connectivity index (χ2n) is 3.92. The summed E-state index contributed by atoms with van der Waals surface area (Å²) in [6, 6.07) is 8.44. The molecule has 0 saturated carbocycles. The summed E-state index contributed by atoms with van der Waals surface area (Å²) in [4.78, 5) is 11.9. The number of benzene rings is 1. The lowest BCUT2D eigenvalue weighted by Crippen LogP contribution is -2.28. The number of ether oxygens (including phenoxy) is 2. The van der Waals surface area contributed by atoms with Crippen molar-refractivity contribution in [2.45, 2.75) is 6.54 Å². The molecule has 0 radical (unpaired) electrons. The summed E-state index contributed by atoms with van der Waals surface area (Å²) in [6.45, 7) is 0.302. The van der Waals surface area contributed by atoms with Crippen molar-refractivity contribution in [1.29, 1.82) is 0 Å². The predicted octanol–water partition coefficient (Wildman–Crippen LogP) is 2.62. The first kappa shape index (κ1) is 13.8. The molecule has 2 amide bonds. The number of amides is 2. The summed E-state index contributed by atoms with van der Waals surface area (Å²) in [7, 11) is 3.06.